The van der Waals surface area contributed by atoms with Crippen molar-refractivity contribution < 1.29 is 18.4 Å². The van der Waals surface area contributed by atoms with Gasteiger partial charge in [0, 0.05) is 17.5 Å². The van der Waals surface area contributed by atoms with Crippen LogP contribution in [0, 0.1) is 17.6 Å². The molecule has 0 bridgehead atoms. The quantitative estimate of drug-likeness (QED) is 0.584. The normalized spacial score (nSPS) is 10.6. The van der Waals surface area contributed by atoms with E-state index < -0.39 is 17.4 Å². The van der Waals surface area contributed by atoms with Gasteiger partial charge in [0.15, 0.2) is 5.78 Å². The molecule has 1 aromatic carbocycles. The molecule has 0 amide bonds. The summed E-state index contributed by atoms with van der Waals surface area (Å²) in [6.45, 7) is 3.34. The maximum Gasteiger partial charge on any atom is 0.170 e. The Bertz CT molecular complexity index is 405. The molecule has 16 heavy (non-hydrogen) atoms. The summed E-state index contributed by atoms with van der Waals surface area (Å²) in [6, 6.07) is 2.54. The lowest BCUT2D eigenvalue weighted by atomic mass is 10.00. The predicted octanol–water partition coefficient (Wildman–Crippen LogP) is 2.76. The van der Waals surface area contributed by atoms with Gasteiger partial charge in [-0.05, 0) is 12.1 Å². The molecule has 0 spiro atoms. The smallest absolute Gasteiger partial charge is 0.170 e. The van der Waals surface area contributed by atoms with Crippen LogP contribution < -0.4 is 0 Å². The summed E-state index contributed by atoms with van der Waals surface area (Å²) in [5.41, 5.74) is -0.105. The van der Waals surface area contributed by atoms with Crippen LogP contribution in [0.2, 0.25) is 0 Å². The first kappa shape index (κ1) is 12.5. The molecule has 0 atom stereocenters. The second kappa shape index (κ2) is 4.96. The van der Waals surface area contributed by atoms with Crippen LogP contribution in [0.15, 0.2) is 18.2 Å². The molecule has 86 valence electrons. The molecule has 0 saturated heterocycles. The minimum Gasteiger partial charge on any atom is -0.299 e. The van der Waals surface area contributed by atoms with E-state index in [1.54, 1.807) is 13.8 Å². The number of ketones is 2. The van der Waals surface area contributed by atoms with Crippen molar-refractivity contribution >= 4 is 11.6 Å². The number of hydrogen-bond donors (Lipinski definition) is 0. The fourth-order valence-corrected chi connectivity index (χ4v) is 1.18. The van der Waals surface area contributed by atoms with Crippen molar-refractivity contribution in [2.24, 2.45) is 5.92 Å². The van der Waals surface area contributed by atoms with Gasteiger partial charge in [0.05, 0.1) is 6.42 Å². The molecular weight excluding hydrogens is 214 g/mol. The molecule has 0 saturated carbocycles. The van der Waals surface area contributed by atoms with Crippen LogP contribution in [0.25, 0.3) is 0 Å². The van der Waals surface area contributed by atoms with Gasteiger partial charge in [-0.25, -0.2) is 8.78 Å². The molecule has 0 radical (unpaired) electrons. The van der Waals surface area contributed by atoms with Crippen LogP contribution in [0.5, 0.6) is 0 Å². The third-order valence-corrected chi connectivity index (χ3v) is 2.16. The first-order valence-electron chi connectivity index (χ1n) is 4.92. The Morgan fingerprint density at radius 3 is 2.06 bits per heavy atom. The summed E-state index contributed by atoms with van der Waals surface area (Å²) in [5, 5.41) is 0. The number of halogens is 2. The number of carbonyl (C=O) groups excluding carboxylic acids is 2. The number of carbonyl (C=O) groups is 2. The van der Waals surface area contributed by atoms with Gasteiger partial charge in [0.2, 0.25) is 0 Å². The first-order valence-corrected chi connectivity index (χ1v) is 4.92. The third-order valence-electron chi connectivity index (χ3n) is 2.16. The molecule has 0 fully saturated rings. The minimum atomic E-state index is -0.819. The van der Waals surface area contributed by atoms with Gasteiger partial charge in [0.25, 0.3) is 0 Å². The van der Waals surface area contributed by atoms with E-state index >= 15 is 0 Å². The zero-order valence-corrected chi connectivity index (χ0v) is 9.09. The lowest BCUT2D eigenvalue weighted by Gasteiger charge is -2.03. The maximum atomic E-state index is 12.8. The maximum absolute atomic E-state index is 12.8. The van der Waals surface area contributed by atoms with Crippen molar-refractivity contribution in [3.63, 3.8) is 0 Å². The third kappa shape index (κ3) is 3.22. The van der Waals surface area contributed by atoms with E-state index in [4.69, 9.17) is 0 Å². The van der Waals surface area contributed by atoms with Crippen LogP contribution in [0.4, 0.5) is 8.78 Å². The standard InChI is InChI=1S/C12H12F2O2/c1-7(2)11(15)6-12(16)8-3-9(13)5-10(14)4-8/h3-5,7H,6H2,1-2H3. The molecule has 0 aromatic heterocycles. The van der Waals surface area contributed by atoms with Crippen LogP contribution >= 0.6 is 0 Å². The molecule has 0 aliphatic heterocycles. The van der Waals surface area contributed by atoms with Crippen molar-refractivity contribution in [1.29, 1.82) is 0 Å². The molecule has 1 rings (SSSR count). The summed E-state index contributed by atoms with van der Waals surface area (Å²) in [5.74, 6) is -2.70. The van der Waals surface area contributed by atoms with Gasteiger partial charge in [-0.3, -0.25) is 9.59 Å². The highest BCUT2D eigenvalue weighted by Gasteiger charge is 2.15. The second-order valence-corrected chi connectivity index (χ2v) is 3.88. The summed E-state index contributed by atoms with van der Waals surface area (Å²) in [7, 11) is 0. The lowest BCUT2D eigenvalue weighted by molar-refractivity contribution is -0.121. The number of rotatable bonds is 4. The zero-order valence-electron chi connectivity index (χ0n) is 9.09. The highest BCUT2D eigenvalue weighted by molar-refractivity contribution is 6.08. The fraction of sp³-hybridized carbons (Fsp3) is 0.333. The van der Waals surface area contributed by atoms with E-state index in [-0.39, 0.29) is 23.7 Å². The average Bonchev–Trinajstić information content (AvgIpc) is 2.15. The van der Waals surface area contributed by atoms with Crippen LogP contribution in [-0.4, -0.2) is 11.6 Å². The van der Waals surface area contributed by atoms with E-state index in [0.29, 0.717) is 6.07 Å². The van der Waals surface area contributed by atoms with Crippen molar-refractivity contribution in [1.82, 2.24) is 0 Å². The van der Waals surface area contributed by atoms with Gasteiger partial charge in [-0.15, -0.1) is 0 Å². The van der Waals surface area contributed by atoms with Crippen molar-refractivity contribution in [2.45, 2.75) is 20.3 Å². The van der Waals surface area contributed by atoms with Crippen molar-refractivity contribution in [3.05, 3.63) is 35.4 Å². The summed E-state index contributed by atoms with van der Waals surface area (Å²) >= 11 is 0. The fourth-order valence-electron chi connectivity index (χ4n) is 1.18. The predicted molar refractivity (Wildman–Crippen MR) is 55.2 cm³/mol. The highest BCUT2D eigenvalue weighted by Crippen LogP contribution is 2.11. The van der Waals surface area contributed by atoms with Crippen LogP contribution in [0.1, 0.15) is 30.6 Å². The van der Waals surface area contributed by atoms with Gasteiger partial charge in [0.1, 0.15) is 17.4 Å². The van der Waals surface area contributed by atoms with Crippen LogP contribution in [0.3, 0.4) is 0 Å². The Labute approximate surface area is 92.3 Å². The SMILES string of the molecule is CC(C)C(=O)CC(=O)c1cc(F)cc(F)c1. The van der Waals surface area contributed by atoms with Crippen molar-refractivity contribution in [2.75, 3.05) is 0 Å². The van der Waals surface area contributed by atoms with E-state index in [1.165, 1.54) is 0 Å². The average molecular weight is 226 g/mol. The van der Waals surface area contributed by atoms with E-state index in [2.05, 4.69) is 0 Å². The van der Waals surface area contributed by atoms with E-state index in [1.807, 2.05) is 0 Å². The topological polar surface area (TPSA) is 34.1 Å². The number of hydrogen-bond acceptors (Lipinski definition) is 2. The molecule has 0 N–H and O–H groups in total. The second-order valence-electron chi connectivity index (χ2n) is 3.88. The van der Waals surface area contributed by atoms with Gasteiger partial charge in [-0.1, -0.05) is 13.8 Å². The molecule has 0 unspecified atom stereocenters. The summed E-state index contributed by atoms with van der Waals surface area (Å²) in [6.07, 6.45) is -0.319. The molecule has 4 heteroatoms. The highest BCUT2D eigenvalue weighted by atomic mass is 19.1. The molecule has 0 heterocycles. The van der Waals surface area contributed by atoms with E-state index in [9.17, 15) is 18.4 Å². The number of Topliss-reactive ketones (excluding diaryl/α,β-unsaturated/α-hetero) is 2. The van der Waals surface area contributed by atoms with Crippen molar-refractivity contribution in [3.8, 4) is 0 Å². The lowest BCUT2D eigenvalue weighted by Crippen LogP contribution is -2.13. The molecule has 1 aromatic rings. The Balaban J connectivity index is 2.85. The monoisotopic (exact) mass is 226 g/mol. The number of benzene rings is 1. The Hall–Kier alpha value is -1.58. The minimum absolute atomic E-state index is 0.105. The first-order chi connectivity index (χ1) is 7.40. The summed E-state index contributed by atoms with van der Waals surface area (Å²) < 4.78 is 25.6. The zero-order chi connectivity index (χ0) is 12.3. The molecule has 0 aliphatic carbocycles. The summed E-state index contributed by atoms with van der Waals surface area (Å²) in [4.78, 5) is 22.8. The molecule has 2 nitrogen and oxygen atoms in total. The van der Waals surface area contributed by atoms with Crippen LogP contribution in [-0.2, 0) is 4.79 Å². The largest absolute Gasteiger partial charge is 0.299 e. The van der Waals surface area contributed by atoms with Gasteiger partial charge in [-0.2, -0.15) is 0 Å². The Morgan fingerprint density at radius 2 is 1.62 bits per heavy atom. The van der Waals surface area contributed by atoms with E-state index in [0.717, 1.165) is 12.1 Å². The van der Waals surface area contributed by atoms with Gasteiger partial charge >= 0.3 is 0 Å². The van der Waals surface area contributed by atoms with Gasteiger partial charge < -0.3 is 0 Å². The Kier molecular flexibility index (Phi) is 3.88. The Morgan fingerprint density at radius 1 is 1.12 bits per heavy atom. The molecular formula is C12H12F2O2. The molecule has 0 aliphatic rings.